The fourth-order valence-corrected chi connectivity index (χ4v) is 1.25. The van der Waals surface area contributed by atoms with Gasteiger partial charge in [0.05, 0.1) is 18.7 Å². The summed E-state index contributed by atoms with van der Waals surface area (Å²) >= 11 is 0. The van der Waals surface area contributed by atoms with Crippen molar-refractivity contribution in [1.29, 1.82) is 0 Å². The van der Waals surface area contributed by atoms with E-state index in [1.807, 2.05) is 6.92 Å². The molecule has 0 atom stereocenters. The minimum Gasteiger partial charge on any atom is -0.381 e. The van der Waals surface area contributed by atoms with Crippen LogP contribution < -0.4 is 5.73 Å². The smallest absolute Gasteiger partial charge is 0.381 e. The lowest BCUT2D eigenvalue weighted by atomic mass is 10.2. The molecule has 1 aromatic heterocycles. The zero-order valence-corrected chi connectivity index (χ0v) is 8.38. The fourth-order valence-electron chi connectivity index (χ4n) is 1.25. The molecule has 0 amide bonds. The number of aromatic nitrogens is 3. The highest BCUT2D eigenvalue weighted by Crippen LogP contribution is 2.21. The number of halogens is 3. The Morgan fingerprint density at radius 2 is 2.07 bits per heavy atom. The first-order valence-electron chi connectivity index (χ1n) is 4.68. The molecule has 2 N–H and O–H groups in total. The van der Waals surface area contributed by atoms with E-state index in [0.29, 0.717) is 12.1 Å². The summed E-state index contributed by atoms with van der Waals surface area (Å²) in [5.74, 6) is 0.221. The van der Waals surface area contributed by atoms with E-state index in [9.17, 15) is 13.2 Å². The van der Waals surface area contributed by atoms with Crippen LogP contribution in [0.3, 0.4) is 0 Å². The number of nitrogens with two attached hydrogens (primary N) is 1. The summed E-state index contributed by atoms with van der Waals surface area (Å²) in [6.07, 6.45) is -3.70. The predicted octanol–water partition coefficient (Wildman–Crippen LogP) is 1.77. The van der Waals surface area contributed by atoms with Gasteiger partial charge in [-0.3, -0.25) is 0 Å². The number of rotatable bonds is 4. The number of alkyl halides is 3. The summed E-state index contributed by atoms with van der Waals surface area (Å²) in [6, 6.07) is 0. The van der Waals surface area contributed by atoms with E-state index >= 15 is 0 Å². The molecule has 4 nitrogen and oxygen atoms in total. The molecule has 0 radical (unpaired) electrons. The van der Waals surface area contributed by atoms with Crippen LogP contribution in [0.25, 0.3) is 0 Å². The summed E-state index contributed by atoms with van der Waals surface area (Å²) in [6.45, 7) is 1.70. The third-order valence-corrected chi connectivity index (χ3v) is 1.96. The maximum Gasteiger partial charge on any atom is 0.390 e. The molecule has 7 heteroatoms. The van der Waals surface area contributed by atoms with Crippen LogP contribution >= 0.6 is 0 Å². The summed E-state index contributed by atoms with van der Waals surface area (Å²) < 4.78 is 37.1. The van der Waals surface area contributed by atoms with Crippen molar-refractivity contribution in [3.05, 3.63) is 5.69 Å². The molecule has 0 fully saturated rings. The molecular weight excluding hydrogens is 209 g/mol. The zero-order valence-electron chi connectivity index (χ0n) is 8.38. The molecule has 0 aliphatic heterocycles. The average molecular weight is 222 g/mol. The van der Waals surface area contributed by atoms with E-state index < -0.39 is 12.6 Å². The van der Waals surface area contributed by atoms with Crippen LogP contribution in [-0.2, 0) is 13.0 Å². The van der Waals surface area contributed by atoms with Gasteiger partial charge in [-0.1, -0.05) is 18.6 Å². The van der Waals surface area contributed by atoms with Crippen LogP contribution in [0.1, 0.15) is 25.5 Å². The number of hydrogen-bond acceptors (Lipinski definition) is 3. The van der Waals surface area contributed by atoms with Gasteiger partial charge >= 0.3 is 6.18 Å². The molecule has 0 saturated carbocycles. The summed E-state index contributed by atoms with van der Waals surface area (Å²) in [4.78, 5) is 0. The molecule has 86 valence electrons. The monoisotopic (exact) mass is 222 g/mol. The minimum absolute atomic E-state index is 0.219. The van der Waals surface area contributed by atoms with Gasteiger partial charge in [-0.15, -0.1) is 5.10 Å². The number of anilines is 1. The van der Waals surface area contributed by atoms with Crippen molar-refractivity contribution in [3.63, 3.8) is 0 Å². The van der Waals surface area contributed by atoms with Crippen molar-refractivity contribution in [3.8, 4) is 0 Å². The highest BCUT2D eigenvalue weighted by Gasteiger charge is 2.27. The van der Waals surface area contributed by atoms with Gasteiger partial charge in [0.25, 0.3) is 0 Å². The Kier molecular flexibility index (Phi) is 3.54. The molecule has 0 saturated heterocycles. The Labute approximate surface area is 85.3 Å². The third kappa shape index (κ3) is 3.41. The maximum absolute atomic E-state index is 12.0. The number of aryl methyl sites for hydroxylation is 1. The summed E-state index contributed by atoms with van der Waals surface area (Å²) in [7, 11) is 0. The molecule has 0 unspecified atom stereocenters. The van der Waals surface area contributed by atoms with Crippen molar-refractivity contribution >= 4 is 5.82 Å². The lowest BCUT2D eigenvalue weighted by Gasteiger charge is -2.08. The summed E-state index contributed by atoms with van der Waals surface area (Å²) in [5, 5.41) is 7.14. The summed E-state index contributed by atoms with van der Waals surface area (Å²) in [5.41, 5.74) is 6.08. The SMILES string of the molecule is CCCc1c(N)nnn1CCC(F)(F)F. The molecule has 15 heavy (non-hydrogen) atoms. The van der Waals surface area contributed by atoms with Crippen molar-refractivity contribution in [2.45, 2.75) is 38.9 Å². The van der Waals surface area contributed by atoms with Crippen molar-refractivity contribution in [2.75, 3.05) is 5.73 Å². The number of nitrogen functional groups attached to an aromatic ring is 1. The standard InChI is InChI=1S/C8H13F3N4/c1-2-3-6-7(12)13-14-15(6)5-4-8(9,10)11/h2-5,12H2,1H3. The molecule has 0 aromatic carbocycles. The molecule has 1 heterocycles. The first kappa shape index (κ1) is 11.8. The average Bonchev–Trinajstić information content (AvgIpc) is 2.45. The van der Waals surface area contributed by atoms with Crippen LogP contribution in [0.4, 0.5) is 19.0 Å². The Morgan fingerprint density at radius 3 is 2.60 bits per heavy atom. The quantitative estimate of drug-likeness (QED) is 0.844. The molecule has 1 rings (SSSR count). The fraction of sp³-hybridized carbons (Fsp3) is 0.750. The van der Waals surface area contributed by atoms with E-state index in [4.69, 9.17) is 5.73 Å². The van der Waals surface area contributed by atoms with Gasteiger partial charge in [0.15, 0.2) is 5.82 Å². The van der Waals surface area contributed by atoms with Crippen molar-refractivity contribution in [2.24, 2.45) is 0 Å². The highest BCUT2D eigenvalue weighted by molar-refractivity contribution is 5.32. The van der Waals surface area contributed by atoms with Gasteiger partial charge in [0.1, 0.15) is 0 Å². The number of hydrogen-bond donors (Lipinski definition) is 1. The Bertz CT molecular complexity index is 318. The molecule has 0 aliphatic rings. The highest BCUT2D eigenvalue weighted by atomic mass is 19.4. The van der Waals surface area contributed by atoms with Crippen molar-refractivity contribution < 1.29 is 13.2 Å². The lowest BCUT2D eigenvalue weighted by Crippen LogP contribution is -2.15. The normalized spacial score (nSPS) is 12.0. The second-order valence-corrected chi connectivity index (χ2v) is 3.26. The van der Waals surface area contributed by atoms with E-state index in [1.54, 1.807) is 0 Å². The van der Waals surface area contributed by atoms with E-state index in [2.05, 4.69) is 10.3 Å². The Morgan fingerprint density at radius 1 is 1.40 bits per heavy atom. The Hall–Kier alpha value is -1.27. The maximum atomic E-state index is 12.0. The van der Waals surface area contributed by atoms with Gasteiger partial charge in [-0.25, -0.2) is 4.68 Å². The molecular formula is C8H13F3N4. The first-order chi connectivity index (χ1) is 6.94. The van der Waals surface area contributed by atoms with Gasteiger partial charge in [-0.05, 0) is 6.42 Å². The molecule has 1 aromatic rings. The number of nitrogens with zero attached hydrogens (tertiary/aromatic N) is 3. The zero-order chi connectivity index (χ0) is 11.5. The molecule has 0 bridgehead atoms. The van der Waals surface area contributed by atoms with Gasteiger partial charge in [0.2, 0.25) is 0 Å². The van der Waals surface area contributed by atoms with Crippen LogP contribution in [-0.4, -0.2) is 21.2 Å². The van der Waals surface area contributed by atoms with E-state index in [-0.39, 0.29) is 12.4 Å². The third-order valence-electron chi connectivity index (χ3n) is 1.96. The molecule has 0 spiro atoms. The minimum atomic E-state index is -4.18. The topological polar surface area (TPSA) is 56.7 Å². The largest absolute Gasteiger partial charge is 0.390 e. The lowest BCUT2D eigenvalue weighted by molar-refractivity contribution is -0.137. The van der Waals surface area contributed by atoms with Gasteiger partial charge < -0.3 is 5.73 Å². The second-order valence-electron chi connectivity index (χ2n) is 3.26. The molecule has 0 aliphatic carbocycles. The van der Waals surface area contributed by atoms with Crippen LogP contribution in [0.5, 0.6) is 0 Å². The second kappa shape index (κ2) is 4.50. The van der Waals surface area contributed by atoms with Crippen molar-refractivity contribution in [1.82, 2.24) is 15.0 Å². The van der Waals surface area contributed by atoms with Crippen LogP contribution in [0.2, 0.25) is 0 Å². The predicted molar refractivity (Wildman–Crippen MR) is 49.1 cm³/mol. The van der Waals surface area contributed by atoms with Gasteiger partial charge in [0, 0.05) is 0 Å². The Balaban J connectivity index is 2.68. The first-order valence-corrected chi connectivity index (χ1v) is 4.68. The van der Waals surface area contributed by atoms with E-state index in [1.165, 1.54) is 4.68 Å². The van der Waals surface area contributed by atoms with Crippen LogP contribution in [0, 0.1) is 0 Å². The van der Waals surface area contributed by atoms with Crippen LogP contribution in [0.15, 0.2) is 0 Å². The van der Waals surface area contributed by atoms with Gasteiger partial charge in [-0.2, -0.15) is 13.2 Å². The van der Waals surface area contributed by atoms with E-state index in [0.717, 1.165) is 6.42 Å².